The van der Waals surface area contributed by atoms with Crippen molar-refractivity contribution < 1.29 is 18.3 Å². The molecule has 106 valence electrons. The van der Waals surface area contributed by atoms with E-state index in [1.807, 2.05) is 6.92 Å². The smallest absolute Gasteiger partial charge is 0.187 e. The van der Waals surface area contributed by atoms with Crippen molar-refractivity contribution in [1.82, 2.24) is 5.32 Å². The van der Waals surface area contributed by atoms with Crippen LogP contribution in [0.15, 0.2) is 36.4 Å². The highest BCUT2D eigenvalue weighted by atomic mass is 19.1. The van der Waals surface area contributed by atoms with Gasteiger partial charge in [-0.1, -0.05) is 12.1 Å². The number of aromatic hydroxyl groups is 1. The molecule has 0 heterocycles. The van der Waals surface area contributed by atoms with Crippen LogP contribution in [-0.4, -0.2) is 5.11 Å². The first-order valence-electron chi connectivity index (χ1n) is 6.13. The van der Waals surface area contributed by atoms with Crippen molar-refractivity contribution in [3.8, 4) is 5.75 Å². The van der Waals surface area contributed by atoms with Crippen molar-refractivity contribution in [2.75, 3.05) is 0 Å². The fraction of sp³-hybridized carbons (Fsp3) is 0.200. The summed E-state index contributed by atoms with van der Waals surface area (Å²) in [6.07, 6.45) is 0. The van der Waals surface area contributed by atoms with Crippen molar-refractivity contribution in [1.29, 1.82) is 0 Å². The predicted octanol–water partition coefficient (Wildman–Crippen LogP) is 3.66. The van der Waals surface area contributed by atoms with Crippen molar-refractivity contribution in [2.45, 2.75) is 19.5 Å². The molecule has 0 radical (unpaired) electrons. The van der Waals surface area contributed by atoms with Gasteiger partial charge in [0.1, 0.15) is 5.82 Å². The Morgan fingerprint density at radius 3 is 2.15 bits per heavy atom. The fourth-order valence-electron chi connectivity index (χ4n) is 1.86. The number of hydrogen-bond donors (Lipinski definition) is 2. The second kappa shape index (κ2) is 5.96. The molecule has 0 saturated carbocycles. The third kappa shape index (κ3) is 3.30. The highest BCUT2D eigenvalue weighted by Gasteiger charge is 2.11. The quantitative estimate of drug-likeness (QED) is 0.896. The Labute approximate surface area is 114 Å². The van der Waals surface area contributed by atoms with Crippen LogP contribution in [0.4, 0.5) is 13.2 Å². The van der Waals surface area contributed by atoms with E-state index in [1.165, 1.54) is 12.1 Å². The SMILES string of the molecule is C[C@H](NCc1cc(F)c(O)c(F)c1)c1ccc(F)cc1. The average molecular weight is 281 g/mol. The van der Waals surface area contributed by atoms with Gasteiger partial charge in [-0.3, -0.25) is 0 Å². The first-order valence-corrected chi connectivity index (χ1v) is 6.13. The molecule has 2 N–H and O–H groups in total. The zero-order valence-corrected chi connectivity index (χ0v) is 10.8. The predicted molar refractivity (Wildman–Crippen MR) is 69.7 cm³/mol. The molecule has 2 aromatic carbocycles. The molecule has 0 aliphatic carbocycles. The summed E-state index contributed by atoms with van der Waals surface area (Å²) in [5, 5.41) is 12.1. The number of rotatable bonds is 4. The van der Waals surface area contributed by atoms with Gasteiger partial charge in [-0.15, -0.1) is 0 Å². The molecule has 0 fully saturated rings. The highest BCUT2D eigenvalue weighted by molar-refractivity contribution is 5.30. The van der Waals surface area contributed by atoms with E-state index in [0.717, 1.165) is 17.7 Å². The summed E-state index contributed by atoms with van der Waals surface area (Å²) in [6.45, 7) is 2.09. The molecule has 0 aromatic heterocycles. The van der Waals surface area contributed by atoms with E-state index in [0.29, 0.717) is 5.56 Å². The molecular weight excluding hydrogens is 267 g/mol. The van der Waals surface area contributed by atoms with Crippen molar-refractivity contribution in [3.63, 3.8) is 0 Å². The summed E-state index contributed by atoms with van der Waals surface area (Å²) in [4.78, 5) is 0. The molecule has 2 rings (SSSR count). The van der Waals surface area contributed by atoms with Gasteiger partial charge in [-0.05, 0) is 42.3 Å². The monoisotopic (exact) mass is 281 g/mol. The highest BCUT2D eigenvalue weighted by Crippen LogP contribution is 2.22. The lowest BCUT2D eigenvalue weighted by atomic mass is 10.1. The van der Waals surface area contributed by atoms with Gasteiger partial charge < -0.3 is 10.4 Å². The van der Waals surface area contributed by atoms with E-state index in [9.17, 15) is 13.2 Å². The zero-order chi connectivity index (χ0) is 14.7. The van der Waals surface area contributed by atoms with E-state index in [2.05, 4.69) is 5.32 Å². The molecule has 2 aromatic rings. The minimum atomic E-state index is -0.990. The van der Waals surface area contributed by atoms with Crippen LogP contribution in [0.1, 0.15) is 24.1 Å². The Bertz CT molecular complexity index is 576. The maximum atomic E-state index is 13.2. The number of hydrogen-bond acceptors (Lipinski definition) is 2. The number of phenolic OH excluding ortho intramolecular Hbond substituents is 1. The Morgan fingerprint density at radius 1 is 1.05 bits per heavy atom. The molecule has 20 heavy (non-hydrogen) atoms. The molecule has 1 atom stereocenters. The summed E-state index contributed by atoms with van der Waals surface area (Å²) in [6, 6.07) is 8.04. The van der Waals surface area contributed by atoms with E-state index >= 15 is 0 Å². The average Bonchev–Trinajstić information content (AvgIpc) is 2.42. The van der Waals surface area contributed by atoms with Crippen LogP contribution in [0.2, 0.25) is 0 Å². The minimum absolute atomic E-state index is 0.101. The van der Waals surface area contributed by atoms with Gasteiger partial charge in [-0.2, -0.15) is 0 Å². The van der Waals surface area contributed by atoms with Crippen LogP contribution >= 0.6 is 0 Å². The fourth-order valence-corrected chi connectivity index (χ4v) is 1.86. The van der Waals surface area contributed by atoms with Gasteiger partial charge in [0.25, 0.3) is 0 Å². The topological polar surface area (TPSA) is 32.3 Å². The van der Waals surface area contributed by atoms with Crippen LogP contribution < -0.4 is 5.32 Å². The van der Waals surface area contributed by atoms with Crippen molar-refractivity contribution in [2.24, 2.45) is 0 Å². The minimum Gasteiger partial charge on any atom is -0.503 e. The van der Waals surface area contributed by atoms with E-state index in [4.69, 9.17) is 5.11 Å². The van der Waals surface area contributed by atoms with Crippen LogP contribution in [-0.2, 0) is 6.54 Å². The first kappa shape index (κ1) is 14.4. The van der Waals surface area contributed by atoms with Crippen molar-refractivity contribution in [3.05, 3.63) is 65.0 Å². The molecule has 2 nitrogen and oxygen atoms in total. The largest absolute Gasteiger partial charge is 0.503 e. The molecule has 0 spiro atoms. The van der Waals surface area contributed by atoms with E-state index < -0.39 is 17.4 Å². The number of halogens is 3. The third-order valence-corrected chi connectivity index (χ3v) is 3.06. The lowest BCUT2D eigenvalue weighted by Crippen LogP contribution is -2.18. The van der Waals surface area contributed by atoms with Crippen LogP contribution in [0.25, 0.3) is 0 Å². The van der Waals surface area contributed by atoms with Crippen molar-refractivity contribution >= 4 is 0 Å². The summed E-state index contributed by atoms with van der Waals surface area (Å²) in [5.41, 5.74) is 1.25. The summed E-state index contributed by atoms with van der Waals surface area (Å²) >= 11 is 0. The van der Waals surface area contributed by atoms with Gasteiger partial charge in [-0.25, -0.2) is 13.2 Å². The van der Waals surface area contributed by atoms with Crippen LogP contribution in [0.3, 0.4) is 0 Å². The standard InChI is InChI=1S/C15H14F3NO/c1-9(11-2-4-12(16)5-3-11)19-8-10-6-13(17)15(20)14(18)7-10/h2-7,9,19-20H,8H2,1H3/t9-/m0/s1. The molecule has 5 heteroatoms. The maximum Gasteiger partial charge on any atom is 0.187 e. The first-order chi connectivity index (χ1) is 9.47. The molecular formula is C15H14F3NO. The van der Waals surface area contributed by atoms with Gasteiger partial charge >= 0.3 is 0 Å². The number of phenols is 1. The number of benzene rings is 2. The van der Waals surface area contributed by atoms with Gasteiger partial charge in [0.15, 0.2) is 17.4 Å². The lowest BCUT2D eigenvalue weighted by Gasteiger charge is -2.14. The Hall–Kier alpha value is -2.01. The molecule has 0 aliphatic heterocycles. The van der Waals surface area contributed by atoms with Gasteiger partial charge in [0.2, 0.25) is 0 Å². The third-order valence-electron chi connectivity index (χ3n) is 3.06. The lowest BCUT2D eigenvalue weighted by molar-refractivity contribution is 0.394. The Balaban J connectivity index is 2.03. The zero-order valence-electron chi connectivity index (χ0n) is 10.8. The second-order valence-corrected chi connectivity index (χ2v) is 4.56. The Morgan fingerprint density at radius 2 is 1.60 bits per heavy atom. The van der Waals surface area contributed by atoms with Gasteiger partial charge in [0, 0.05) is 12.6 Å². The number of nitrogens with one attached hydrogen (secondary N) is 1. The normalized spacial score (nSPS) is 12.4. The summed E-state index contributed by atoms with van der Waals surface area (Å²) in [5.74, 6) is -3.27. The summed E-state index contributed by atoms with van der Waals surface area (Å²) in [7, 11) is 0. The second-order valence-electron chi connectivity index (χ2n) is 4.56. The Kier molecular flexibility index (Phi) is 4.29. The van der Waals surface area contributed by atoms with Crippen LogP contribution in [0, 0.1) is 17.5 Å². The molecule has 0 aliphatic rings. The van der Waals surface area contributed by atoms with Gasteiger partial charge in [0.05, 0.1) is 0 Å². The summed E-state index contributed by atoms with van der Waals surface area (Å²) < 4.78 is 39.1. The van der Waals surface area contributed by atoms with E-state index in [1.54, 1.807) is 12.1 Å². The van der Waals surface area contributed by atoms with Crippen LogP contribution in [0.5, 0.6) is 5.75 Å². The maximum absolute atomic E-state index is 13.2. The molecule has 0 bridgehead atoms. The molecule has 0 amide bonds. The van der Waals surface area contributed by atoms with E-state index in [-0.39, 0.29) is 18.4 Å². The molecule has 0 saturated heterocycles. The molecule has 0 unspecified atom stereocenters.